The van der Waals surface area contributed by atoms with Crippen molar-refractivity contribution in [2.75, 3.05) is 7.11 Å². The van der Waals surface area contributed by atoms with E-state index in [0.29, 0.717) is 17.7 Å². The lowest BCUT2D eigenvalue weighted by molar-refractivity contribution is 0.0675. The van der Waals surface area contributed by atoms with Crippen LogP contribution in [0.25, 0.3) is 0 Å². The number of nitrogens with zero attached hydrogens (tertiary/aromatic N) is 2. The van der Waals surface area contributed by atoms with Crippen LogP contribution in [0.15, 0.2) is 30.6 Å². The maximum absolute atomic E-state index is 12.4. The van der Waals surface area contributed by atoms with E-state index in [0.717, 1.165) is 5.56 Å². The molecule has 1 aromatic heterocycles. The Morgan fingerprint density at radius 1 is 1.50 bits per heavy atom. The molecule has 1 heterocycles. The number of carboxylic acid groups (broad SMARTS) is 1. The summed E-state index contributed by atoms with van der Waals surface area (Å²) < 4.78 is 6.55. The molecule has 0 spiro atoms. The number of rotatable bonds is 3. The number of ether oxygens (including phenoxy) is 1. The lowest BCUT2D eigenvalue weighted by Gasteiger charge is -2.11. The van der Waals surface area contributed by atoms with Gasteiger partial charge in [0.25, 0.3) is 0 Å². The molecule has 1 aliphatic carbocycles. The highest BCUT2D eigenvalue weighted by Crippen LogP contribution is 2.33. The number of hydrogen-bond donors (Lipinski definition) is 1. The molecule has 1 N–H and O–H groups in total. The predicted molar refractivity (Wildman–Crippen MR) is 69.3 cm³/mol. The van der Waals surface area contributed by atoms with Gasteiger partial charge in [-0.25, -0.2) is 9.78 Å². The molecule has 6 heteroatoms. The van der Waals surface area contributed by atoms with Gasteiger partial charge in [-0.2, -0.15) is 0 Å². The molecule has 20 heavy (non-hydrogen) atoms. The van der Waals surface area contributed by atoms with Crippen LogP contribution < -0.4 is 4.74 Å². The van der Waals surface area contributed by atoms with E-state index in [2.05, 4.69) is 4.98 Å². The van der Waals surface area contributed by atoms with Gasteiger partial charge in [0, 0.05) is 24.4 Å². The zero-order chi connectivity index (χ0) is 14.3. The lowest BCUT2D eigenvalue weighted by Crippen LogP contribution is -2.19. The normalized spacial score (nSPS) is 17.1. The first-order valence-electron chi connectivity index (χ1n) is 6.09. The Labute approximate surface area is 114 Å². The van der Waals surface area contributed by atoms with Crippen molar-refractivity contribution >= 4 is 11.8 Å². The van der Waals surface area contributed by atoms with Crippen LogP contribution in [-0.4, -0.2) is 33.5 Å². The summed E-state index contributed by atoms with van der Waals surface area (Å²) >= 11 is 0. The third-order valence-corrected chi connectivity index (χ3v) is 3.49. The van der Waals surface area contributed by atoms with E-state index in [-0.39, 0.29) is 11.6 Å². The Morgan fingerprint density at radius 2 is 2.30 bits per heavy atom. The third kappa shape index (κ3) is 1.77. The van der Waals surface area contributed by atoms with Gasteiger partial charge >= 0.3 is 5.97 Å². The molecule has 0 bridgehead atoms. The maximum Gasteiger partial charge on any atom is 0.372 e. The van der Waals surface area contributed by atoms with E-state index in [1.807, 2.05) is 6.07 Å². The minimum absolute atomic E-state index is 0.0943. The largest absolute Gasteiger partial charge is 0.497 e. The summed E-state index contributed by atoms with van der Waals surface area (Å²) in [6.07, 6.45) is 3.36. The highest BCUT2D eigenvalue weighted by molar-refractivity contribution is 6.04. The van der Waals surface area contributed by atoms with E-state index in [1.165, 1.54) is 17.0 Å². The lowest BCUT2D eigenvalue weighted by atomic mass is 10.1. The summed E-state index contributed by atoms with van der Waals surface area (Å²) in [4.78, 5) is 27.3. The average molecular weight is 272 g/mol. The first kappa shape index (κ1) is 12.4. The fourth-order valence-corrected chi connectivity index (χ4v) is 2.54. The number of Topliss-reactive ketones (excluding diaryl/α,β-unsaturated/α-hetero) is 1. The van der Waals surface area contributed by atoms with Gasteiger partial charge in [-0.15, -0.1) is 0 Å². The Balaban J connectivity index is 2.01. The molecule has 1 unspecified atom stereocenters. The van der Waals surface area contributed by atoms with Crippen LogP contribution in [0.1, 0.15) is 32.6 Å². The van der Waals surface area contributed by atoms with Crippen molar-refractivity contribution in [2.45, 2.75) is 12.5 Å². The van der Waals surface area contributed by atoms with Gasteiger partial charge in [0.2, 0.25) is 5.82 Å². The second kappa shape index (κ2) is 4.48. The molecule has 1 aliphatic rings. The molecule has 3 rings (SSSR count). The second-order valence-electron chi connectivity index (χ2n) is 4.57. The Bertz CT molecular complexity index is 705. The van der Waals surface area contributed by atoms with Crippen LogP contribution >= 0.6 is 0 Å². The van der Waals surface area contributed by atoms with Crippen molar-refractivity contribution in [1.82, 2.24) is 9.55 Å². The fourth-order valence-electron chi connectivity index (χ4n) is 2.54. The van der Waals surface area contributed by atoms with Crippen molar-refractivity contribution in [3.63, 3.8) is 0 Å². The fraction of sp³-hybridized carbons (Fsp3) is 0.214. The SMILES string of the molecule is COc1ccc2c(c1)CC(n1ccnc1C(=O)O)C2=O. The molecule has 102 valence electrons. The molecule has 6 nitrogen and oxygen atoms in total. The summed E-state index contributed by atoms with van der Waals surface area (Å²) in [7, 11) is 1.56. The summed E-state index contributed by atoms with van der Waals surface area (Å²) in [5, 5.41) is 9.09. The summed E-state index contributed by atoms with van der Waals surface area (Å²) in [6, 6.07) is 4.70. The molecule has 0 aliphatic heterocycles. The molecular formula is C14H12N2O4. The van der Waals surface area contributed by atoms with E-state index in [4.69, 9.17) is 9.84 Å². The molecule has 0 saturated carbocycles. The number of methoxy groups -OCH3 is 1. The molecule has 0 saturated heterocycles. The first-order chi connectivity index (χ1) is 9.61. The summed E-state index contributed by atoms with van der Waals surface area (Å²) in [5.41, 5.74) is 1.48. The van der Waals surface area contributed by atoms with Crippen molar-refractivity contribution in [1.29, 1.82) is 0 Å². The van der Waals surface area contributed by atoms with Gasteiger partial charge in [0.05, 0.1) is 7.11 Å². The molecule has 0 radical (unpaired) electrons. The third-order valence-electron chi connectivity index (χ3n) is 3.49. The zero-order valence-electron chi connectivity index (χ0n) is 10.7. The Hall–Kier alpha value is -2.63. The highest BCUT2D eigenvalue weighted by atomic mass is 16.5. The van der Waals surface area contributed by atoms with E-state index < -0.39 is 12.0 Å². The average Bonchev–Trinajstić information content (AvgIpc) is 3.03. The van der Waals surface area contributed by atoms with Crippen LogP contribution in [0.3, 0.4) is 0 Å². The summed E-state index contributed by atoms with van der Waals surface area (Å²) in [5.74, 6) is -0.677. The van der Waals surface area contributed by atoms with E-state index in [9.17, 15) is 9.59 Å². The van der Waals surface area contributed by atoms with Gasteiger partial charge in [0.1, 0.15) is 11.8 Å². The summed E-state index contributed by atoms with van der Waals surface area (Å²) in [6.45, 7) is 0. The molecule has 1 aromatic carbocycles. The van der Waals surface area contributed by atoms with Crippen molar-refractivity contribution in [2.24, 2.45) is 0 Å². The van der Waals surface area contributed by atoms with Crippen LogP contribution in [0, 0.1) is 0 Å². The number of benzene rings is 1. The minimum Gasteiger partial charge on any atom is -0.497 e. The number of imidazole rings is 1. The van der Waals surface area contributed by atoms with Gasteiger partial charge in [0.15, 0.2) is 5.78 Å². The Kier molecular flexibility index (Phi) is 2.78. The van der Waals surface area contributed by atoms with E-state index >= 15 is 0 Å². The number of ketones is 1. The molecular weight excluding hydrogens is 260 g/mol. The van der Waals surface area contributed by atoms with Gasteiger partial charge in [-0.3, -0.25) is 4.79 Å². The number of carbonyl (C=O) groups excluding carboxylic acids is 1. The van der Waals surface area contributed by atoms with Crippen LogP contribution in [-0.2, 0) is 6.42 Å². The standard InChI is InChI=1S/C14H12N2O4/c1-20-9-2-3-10-8(6-9)7-11(12(10)17)16-5-4-15-13(16)14(18)19/h2-6,11H,7H2,1H3,(H,18,19). The monoisotopic (exact) mass is 272 g/mol. The van der Waals surface area contributed by atoms with E-state index in [1.54, 1.807) is 19.2 Å². The number of aromatic nitrogens is 2. The second-order valence-corrected chi connectivity index (χ2v) is 4.57. The zero-order valence-corrected chi connectivity index (χ0v) is 10.7. The number of aromatic carboxylic acids is 1. The smallest absolute Gasteiger partial charge is 0.372 e. The van der Waals surface area contributed by atoms with Crippen LogP contribution in [0.2, 0.25) is 0 Å². The minimum atomic E-state index is -1.14. The van der Waals surface area contributed by atoms with Gasteiger partial charge in [-0.1, -0.05) is 0 Å². The van der Waals surface area contributed by atoms with Crippen LogP contribution in [0.5, 0.6) is 5.75 Å². The first-order valence-corrected chi connectivity index (χ1v) is 6.09. The van der Waals surface area contributed by atoms with Crippen LogP contribution in [0.4, 0.5) is 0 Å². The topological polar surface area (TPSA) is 81.4 Å². The Morgan fingerprint density at radius 3 is 3.00 bits per heavy atom. The van der Waals surface area contributed by atoms with Gasteiger partial charge in [-0.05, 0) is 23.8 Å². The van der Waals surface area contributed by atoms with Crippen molar-refractivity contribution < 1.29 is 19.4 Å². The molecule has 1 atom stereocenters. The van der Waals surface area contributed by atoms with Gasteiger partial charge < -0.3 is 14.4 Å². The number of carboxylic acids is 1. The molecule has 0 amide bonds. The van der Waals surface area contributed by atoms with Crippen molar-refractivity contribution in [3.8, 4) is 5.75 Å². The molecule has 0 fully saturated rings. The number of carbonyl (C=O) groups is 2. The number of fused-ring (bicyclic) bond motifs is 1. The molecule has 2 aromatic rings. The number of hydrogen-bond acceptors (Lipinski definition) is 4. The van der Waals surface area contributed by atoms with Crippen molar-refractivity contribution in [3.05, 3.63) is 47.5 Å². The highest BCUT2D eigenvalue weighted by Gasteiger charge is 2.34. The quantitative estimate of drug-likeness (QED) is 0.917. The predicted octanol–water partition coefficient (Wildman–Crippen LogP) is 1.57. The maximum atomic E-state index is 12.4.